The fraction of sp³-hybridized carbons (Fsp3) is 0.700. The Hall–Kier alpha value is -1.01. The number of rotatable bonds is 4. The Balaban J connectivity index is 1.66. The zero-order valence-corrected chi connectivity index (χ0v) is 9.91. The van der Waals surface area contributed by atoms with Gasteiger partial charge in [-0.15, -0.1) is 0 Å². The summed E-state index contributed by atoms with van der Waals surface area (Å²) in [4.78, 5) is 13.7. The number of likely N-dealkylation sites (tertiary alicyclic amines) is 1. The minimum absolute atomic E-state index is 0.309. The summed E-state index contributed by atoms with van der Waals surface area (Å²) >= 11 is 1.02. The molecule has 1 aliphatic heterocycles. The third kappa shape index (κ3) is 3.24. The van der Waals surface area contributed by atoms with Crippen LogP contribution >= 0.6 is 11.7 Å². The predicted molar refractivity (Wildman–Crippen MR) is 60.5 cm³/mol. The SMILES string of the molecule is O=C(OCCN1CCCCC1)c1cnsn1. The van der Waals surface area contributed by atoms with Crippen LogP contribution in [0.5, 0.6) is 0 Å². The molecule has 1 aromatic heterocycles. The van der Waals surface area contributed by atoms with E-state index in [4.69, 9.17) is 4.74 Å². The van der Waals surface area contributed by atoms with Gasteiger partial charge in [-0.3, -0.25) is 4.90 Å². The molecular weight excluding hydrogens is 226 g/mol. The summed E-state index contributed by atoms with van der Waals surface area (Å²) in [5.74, 6) is -0.370. The fourth-order valence-electron chi connectivity index (χ4n) is 1.78. The lowest BCUT2D eigenvalue weighted by atomic mass is 10.1. The molecular formula is C10H15N3O2S. The van der Waals surface area contributed by atoms with Gasteiger partial charge in [0.1, 0.15) is 6.61 Å². The summed E-state index contributed by atoms with van der Waals surface area (Å²) in [6.45, 7) is 3.51. The summed E-state index contributed by atoms with van der Waals surface area (Å²) in [5.41, 5.74) is 0.309. The smallest absolute Gasteiger partial charge is 0.359 e. The van der Waals surface area contributed by atoms with Crippen LogP contribution in [0.4, 0.5) is 0 Å². The number of carbonyl (C=O) groups excluding carboxylic acids is 1. The van der Waals surface area contributed by atoms with Gasteiger partial charge in [-0.2, -0.15) is 8.75 Å². The largest absolute Gasteiger partial charge is 0.460 e. The summed E-state index contributed by atoms with van der Waals surface area (Å²) in [6, 6.07) is 0. The number of hydrogen-bond acceptors (Lipinski definition) is 6. The molecule has 0 radical (unpaired) electrons. The molecule has 0 spiro atoms. The molecule has 0 amide bonds. The van der Waals surface area contributed by atoms with Gasteiger partial charge in [-0.05, 0) is 25.9 Å². The molecule has 1 aliphatic rings. The first-order chi connectivity index (χ1) is 7.86. The topological polar surface area (TPSA) is 55.3 Å². The Morgan fingerprint density at radius 2 is 2.25 bits per heavy atom. The molecule has 88 valence electrons. The van der Waals surface area contributed by atoms with Crippen LogP contribution < -0.4 is 0 Å². The Bertz CT molecular complexity index is 323. The average Bonchev–Trinajstić information content (AvgIpc) is 2.84. The third-order valence-electron chi connectivity index (χ3n) is 2.66. The van der Waals surface area contributed by atoms with E-state index < -0.39 is 0 Å². The summed E-state index contributed by atoms with van der Waals surface area (Å²) in [5, 5.41) is 0. The molecule has 0 saturated carbocycles. The van der Waals surface area contributed by atoms with Gasteiger partial charge in [0.05, 0.1) is 17.9 Å². The van der Waals surface area contributed by atoms with Gasteiger partial charge in [-0.25, -0.2) is 4.79 Å². The first-order valence-electron chi connectivity index (χ1n) is 5.53. The van der Waals surface area contributed by atoms with Crippen LogP contribution in [-0.4, -0.2) is 45.9 Å². The molecule has 0 aromatic carbocycles. The molecule has 6 heteroatoms. The summed E-state index contributed by atoms with van der Waals surface area (Å²) in [7, 11) is 0. The van der Waals surface area contributed by atoms with E-state index in [2.05, 4.69) is 13.6 Å². The van der Waals surface area contributed by atoms with E-state index in [0.717, 1.165) is 31.4 Å². The van der Waals surface area contributed by atoms with Gasteiger partial charge in [0.2, 0.25) is 0 Å². The molecule has 0 atom stereocenters. The van der Waals surface area contributed by atoms with Gasteiger partial charge in [0.15, 0.2) is 5.69 Å². The van der Waals surface area contributed by atoms with Crippen LogP contribution in [0.15, 0.2) is 6.20 Å². The van der Waals surface area contributed by atoms with Crippen LogP contribution in [0.2, 0.25) is 0 Å². The molecule has 5 nitrogen and oxygen atoms in total. The maximum Gasteiger partial charge on any atom is 0.359 e. The van der Waals surface area contributed by atoms with E-state index in [1.807, 2.05) is 0 Å². The van der Waals surface area contributed by atoms with Crippen molar-refractivity contribution in [3.8, 4) is 0 Å². The molecule has 16 heavy (non-hydrogen) atoms. The van der Waals surface area contributed by atoms with Crippen LogP contribution in [0.25, 0.3) is 0 Å². The summed E-state index contributed by atoms with van der Waals surface area (Å²) < 4.78 is 12.7. The lowest BCUT2D eigenvalue weighted by Gasteiger charge is -2.25. The maximum absolute atomic E-state index is 11.4. The Morgan fingerprint density at radius 1 is 1.44 bits per heavy atom. The molecule has 0 aliphatic carbocycles. The minimum Gasteiger partial charge on any atom is -0.460 e. The highest BCUT2D eigenvalue weighted by molar-refractivity contribution is 6.99. The lowest BCUT2D eigenvalue weighted by Crippen LogP contribution is -2.33. The van der Waals surface area contributed by atoms with E-state index in [1.165, 1.54) is 25.5 Å². The van der Waals surface area contributed by atoms with Crippen molar-refractivity contribution >= 4 is 17.7 Å². The van der Waals surface area contributed by atoms with Crippen LogP contribution in [-0.2, 0) is 4.74 Å². The predicted octanol–water partition coefficient (Wildman–Crippen LogP) is 1.18. The second-order valence-corrected chi connectivity index (χ2v) is 4.39. The van der Waals surface area contributed by atoms with E-state index >= 15 is 0 Å². The Kier molecular flexibility index (Phi) is 4.24. The molecule has 1 aromatic rings. The number of nitrogens with zero attached hydrogens (tertiary/aromatic N) is 3. The average molecular weight is 241 g/mol. The van der Waals surface area contributed by atoms with Crippen molar-refractivity contribution in [2.45, 2.75) is 19.3 Å². The molecule has 2 heterocycles. The summed E-state index contributed by atoms with van der Waals surface area (Å²) in [6.07, 6.45) is 5.27. The third-order valence-corrected chi connectivity index (χ3v) is 3.14. The molecule has 0 bridgehead atoms. The standard InChI is InChI=1S/C10H15N3O2S/c14-10(9-8-11-16-12-9)15-7-6-13-4-2-1-3-5-13/h8H,1-7H2. The molecule has 2 rings (SSSR count). The highest BCUT2D eigenvalue weighted by Crippen LogP contribution is 2.08. The first kappa shape index (κ1) is 11.5. The van der Waals surface area contributed by atoms with Crippen LogP contribution in [0, 0.1) is 0 Å². The quantitative estimate of drug-likeness (QED) is 0.741. The van der Waals surface area contributed by atoms with Crippen molar-refractivity contribution in [1.82, 2.24) is 13.6 Å². The molecule has 0 N–H and O–H groups in total. The van der Waals surface area contributed by atoms with E-state index in [0.29, 0.717) is 12.3 Å². The van der Waals surface area contributed by atoms with Gasteiger partial charge in [-0.1, -0.05) is 6.42 Å². The van der Waals surface area contributed by atoms with E-state index in [1.54, 1.807) is 0 Å². The van der Waals surface area contributed by atoms with Crippen molar-refractivity contribution in [2.24, 2.45) is 0 Å². The second kappa shape index (κ2) is 5.91. The zero-order chi connectivity index (χ0) is 11.2. The highest BCUT2D eigenvalue weighted by Gasteiger charge is 2.13. The monoisotopic (exact) mass is 241 g/mol. The van der Waals surface area contributed by atoms with E-state index in [-0.39, 0.29) is 5.97 Å². The number of esters is 1. The van der Waals surface area contributed by atoms with Crippen molar-refractivity contribution in [3.63, 3.8) is 0 Å². The second-order valence-electron chi connectivity index (χ2n) is 3.83. The van der Waals surface area contributed by atoms with Crippen LogP contribution in [0.3, 0.4) is 0 Å². The van der Waals surface area contributed by atoms with Gasteiger partial charge >= 0.3 is 5.97 Å². The molecule has 0 unspecified atom stereocenters. The Labute approximate surface area is 98.7 Å². The van der Waals surface area contributed by atoms with E-state index in [9.17, 15) is 4.79 Å². The minimum atomic E-state index is -0.370. The molecule has 1 fully saturated rings. The maximum atomic E-state index is 11.4. The number of carbonyl (C=O) groups is 1. The zero-order valence-electron chi connectivity index (χ0n) is 9.09. The lowest BCUT2D eigenvalue weighted by molar-refractivity contribution is 0.0446. The van der Waals surface area contributed by atoms with Crippen LogP contribution in [0.1, 0.15) is 29.8 Å². The van der Waals surface area contributed by atoms with Gasteiger partial charge in [0.25, 0.3) is 0 Å². The van der Waals surface area contributed by atoms with Gasteiger partial charge < -0.3 is 4.74 Å². The Morgan fingerprint density at radius 3 is 2.94 bits per heavy atom. The number of hydrogen-bond donors (Lipinski definition) is 0. The van der Waals surface area contributed by atoms with Crippen molar-refractivity contribution in [1.29, 1.82) is 0 Å². The first-order valence-corrected chi connectivity index (χ1v) is 6.26. The fourth-order valence-corrected chi connectivity index (χ4v) is 2.18. The molecule has 1 saturated heterocycles. The number of ether oxygens (including phenoxy) is 1. The van der Waals surface area contributed by atoms with Crippen molar-refractivity contribution in [3.05, 3.63) is 11.9 Å². The number of aromatic nitrogens is 2. The normalized spacial score (nSPS) is 17.2. The van der Waals surface area contributed by atoms with Crippen molar-refractivity contribution in [2.75, 3.05) is 26.2 Å². The van der Waals surface area contributed by atoms with Gasteiger partial charge in [0, 0.05) is 6.54 Å². The van der Waals surface area contributed by atoms with Crippen molar-refractivity contribution < 1.29 is 9.53 Å². The highest BCUT2D eigenvalue weighted by atomic mass is 32.1. The number of piperidine rings is 1.